The molecular formula is C13H21F3N2O4. The maximum atomic E-state index is 12.3. The topological polar surface area (TPSA) is 78.9 Å². The number of aliphatic hydroxyl groups excluding tert-OH is 1. The summed E-state index contributed by atoms with van der Waals surface area (Å²) in [6.07, 6.45) is -5.39. The van der Waals surface area contributed by atoms with E-state index in [1.165, 1.54) is 4.90 Å². The van der Waals surface area contributed by atoms with Crippen molar-refractivity contribution in [3.8, 4) is 0 Å². The minimum Gasteiger partial charge on any atom is -0.444 e. The summed E-state index contributed by atoms with van der Waals surface area (Å²) in [5.41, 5.74) is -0.727. The third-order valence-electron chi connectivity index (χ3n) is 3.22. The Morgan fingerprint density at radius 3 is 2.36 bits per heavy atom. The van der Waals surface area contributed by atoms with Crippen LogP contribution in [0.2, 0.25) is 0 Å². The lowest BCUT2D eigenvalue weighted by Gasteiger charge is -2.38. The number of carbonyl (C=O) groups excluding carboxylic acids is 2. The molecule has 22 heavy (non-hydrogen) atoms. The van der Waals surface area contributed by atoms with Gasteiger partial charge in [0.2, 0.25) is 0 Å². The van der Waals surface area contributed by atoms with Crippen molar-refractivity contribution in [2.75, 3.05) is 19.7 Å². The number of halogens is 3. The highest BCUT2D eigenvalue weighted by atomic mass is 19.4. The van der Waals surface area contributed by atoms with Gasteiger partial charge in [0.1, 0.15) is 5.60 Å². The predicted molar refractivity (Wildman–Crippen MR) is 71.0 cm³/mol. The number of hydrogen-bond donors (Lipinski definition) is 2. The fraction of sp³-hybridized carbons (Fsp3) is 0.846. The largest absolute Gasteiger partial charge is 0.471 e. The van der Waals surface area contributed by atoms with Gasteiger partial charge in [0.15, 0.2) is 0 Å². The summed E-state index contributed by atoms with van der Waals surface area (Å²) in [5, 5.41) is 11.1. The molecule has 1 saturated heterocycles. The van der Waals surface area contributed by atoms with Crippen LogP contribution in [0.1, 0.15) is 27.2 Å². The van der Waals surface area contributed by atoms with Gasteiger partial charge < -0.3 is 20.1 Å². The summed E-state index contributed by atoms with van der Waals surface area (Å²) in [6.45, 7) is 4.77. The Bertz CT molecular complexity index is 420. The van der Waals surface area contributed by atoms with Crippen LogP contribution >= 0.6 is 0 Å². The highest BCUT2D eigenvalue weighted by molar-refractivity contribution is 5.82. The highest BCUT2D eigenvalue weighted by Crippen LogP contribution is 2.22. The Labute approximate surface area is 126 Å². The van der Waals surface area contributed by atoms with Gasteiger partial charge in [0.25, 0.3) is 0 Å². The van der Waals surface area contributed by atoms with Gasteiger partial charge in [-0.15, -0.1) is 0 Å². The summed E-state index contributed by atoms with van der Waals surface area (Å²) >= 11 is 0. The summed E-state index contributed by atoms with van der Waals surface area (Å²) in [6, 6.07) is -0.972. The number of carbonyl (C=O) groups is 2. The zero-order chi connectivity index (χ0) is 17.1. The molecule has 2 amide bonds. The van der Waals surface area contributed by atoms with E-state index in [-0.39, 0.29) is 26.1 Å². The molecular weight excluding hydrogens is 305 g/mol. The van der Waals surface area contributed by atoms with Crippen molar-refractivity contribution in [2.24, 2.45) is 5.92 Å². The minimum atomic E-state index is -5.01. The van der Waals surface area contributed by atoms with Gasteiger partial charge in [0, 0.05) is 25.6 Å². The standard InChI is InChI=1S/C13H21F3N2O4/c1-12(2,3)22-11(21)18-5-4-8(7-19)9(6-18)17-10(20)13(14,15)16/h8-9,19H,4-7H2,1-3H3,(H,17,20). The van der Waals surface area contributed by atoms with Gasteiger partial charge in [0.05, 0.1) is 6.04 Å². The fourth-order valence-corrected chi connectivity index (χ4v) is 2.13. The Balaban J connectivity index is 2.73. The average Bonchev–Trinajstić information content (AvgIpc) is 2.35. The van der Waals surface area contributed by atoms with Gasteiger partial charge in [-0.3, -0.25) is 4.79 Å². The summed E-state index contributed by atoms with van der Waals surface area (Å²) in [7, 11) is 0. The molecule has 0 aromatic carbocycles. The van der Waals surface area contributed by atoms with E-state index in [0.29, 0.717) is 0 Å². The number of nitrogens with one attached hydrogen (secondary N) is 1. The van der Waals surface area contributed by atoms with Gasteiger partial charge in [-0.2, -0.15) is 13.2 Å². The molecule has 0 aliphatic carbocycles. The molecule has 2 N–H and O–H groups in total. The molecule has 0 bridgehead atoms. The van der Waals surface area contributed by atoms with Crippen LogP contribution in [-0.4, -0.2) is 59.5 Å². The predicted octanol–water partition coefficient (Wildman–Crippen LogP) is 1.28. The SMILES string of the molecule is CC(C)(C)OC(=O)N1CCC(CO)C(NC(=O)C(F)(F)F)C1. The minimum absolute atomic E-state index is 0.137. The van der Waals surface area contributed by atoms with E-state index < -0.39 is 35.7 Å². The Morgan fingerprint density at radius 2 is 1.91 bits per heavy atom. The van der Waals surface area contributed by atoms with E-state index in [1.54, 1.807) is 20.8 Å². The normalized spacial score (nSPS) is 23.1. The molecule has 2 unspecified atom stereocenters. The molecule has 1 rings (SSSR count). The Kier molecular flexibility index (Phi) is 5.66. The molecule has 1 aliphatic heterocycles. The number of aliphatic hydroxyl groups is 1. The number of ether oxygens (including phenoxy) is 1. The maximum Gasteiger partial charge on any atom is 0.471 e. The van der Waals surface area contributed by atoms with E-state index in [1.807, 2.05) is 5.32 Å². The Morgan fingerprint density at radius 1 is 1.32 bits per heavy atom. The summed E-state index contributed by atoms with van der Waals surface area (Å²) in [4.78, 5) is 24.2. The molecule has 0 aromatic rings. The van der Waals surface area contributed by atoms with Crippen molar-refractivity contribution in [3.63, 3.8) is 0 Å². The number of amides is 2. The van der Waals surface area contributed by atoms with Gasteiger partial charge in [-0.05, 0) is 27.2 Å². The molecule has 0 spiro atoms. The van der Waals surface area contributed by atoms with Crippen LogP contribution in [0.3, 0.4) is 0 Å². The first kappa shape index (κ1) is 18.5. The van der Waals surface area contributed by atoms with Crippen LogP contribution in [0, 0.1) is 5.92 Å². The first-order valence-electron chi connectivity index (χ1n) is 6.90. The lowest BCUT2D eigenvalue weighted by molar-refractivity contribution is -0.175. The van der Waals surface area contributed by atoms with Crippen LogP contribution < -0.4 is 5.32 Å². The van der Waals surface area contributed by atoms with Crippen LogP contribution in [0.5, 0.6) is 0 Å². The van der Waals surface area contributed by atoms with Crippen LogP contribution in [0.15, 0.2) is 0 Å². The van der Waals surface area contributed by atoms with Crippen LogP contribution in [-0.2, 0) is 9.53 Å². The monoisotopic (exact) mass is 326 g/mol. The second kappa shape index (κ2) is 6.72. The molecule has 0 saturated carbocycles. The van der Waals surface area contributed by atoms with Crippen molar-refractivity contribution in [2.45, 2.75) is 45.0 Å². The van der Waals surface area contributed by atoms with Crippen molar-refractivity contribution in [3.05, 3.63) is 0 Å². The first-order valence-corrected chi connectivity index (χ1v) is 6.90. The summed E-state index contributed by atoms with van der Waals surface area (Å²) in [5.74, 6) is -2.62. The third kappa shape index (κ3) is 5.36. The van der Waals surface area contributed by atoms with E-state index in [4.69, 9.17) is 4.74 Å². The van der Waals surface area contributed by atoms with Crippen molar-refractivity contribution in [1.82, 2.24) is 10.2 Å². The first-order chi connectivity index (χ1) is 9.94. The molecule has 2 atom stereocenters. The second-order valence-electron chi connectivity index (χ2n) is 6.24. The molecule has 9 heteroatoms. The number of nitrogens with zero attached hydrogens (tertiary/aromatic N) is 1. The fourth-order valence-electron chi connectivity index (χ4n) is 2.13. The van der Waals surface area contributed by atoms with Crippen LogP contribution in [0.25, 0.3) is 0 Å². The third-order valence-corrected chi connectivity index (χ3v) is 3.22. The summed E-state index contributed by atoms with van der Waals surface area (Å²) < 4.78 is 42.2. The van der Waals surface area contributed by atoms with Crippen molar-refractivity contribution >= 4 is 12.0 Å². The second-order valence-corrected chi connectivity index (χ2v) is 6.24. The van der Waals surface area contributed by atoms with E-state index in [9.17, 15) is 27.9 Å². The quantitative estimate of drug-likeness (QED) is 0.801. The van der Waals surface area contributed by atoms with Gasteiger partial charge >= 0.3 is 18.2 Å². The molecule has 6 nitrogen and oxygen atoms in total. The van der Waals surface area contributed by atoms with Crippen molar-refractivity contribution in [1.29, 1.82) is 0 Å². The molecule has 1 aliphatic rings. The molecule has 128 valence electrons. The van der Waals surface area contributed by atoms with E-state index >= 15 is 0 Å². The zero-order valence-electron chi connectivity index (χ0n) is 12.7. The number of alkyl halides is 3. The number of hydrogen-bond acceptors (Lipinski definition) is 4. The molecule has 1 fully saturated rings. The van der Waals surface area contributed by atoms with Gasteiger partial charge in [-0.1, -0.05) is 0 Å². The molecule has 1 heterocycles. The highest BCUT2D eigenvalue weighted by Gasteiger charge is 2.42. The molecule has 0 radical (unpaired) electrons. The van der Waals surface area contributed by atoms with Crippen molar-refractivity contribution < 1.29 is 32.6 Å². The maximum absolute atomic E-state index is 12.3. The lowest BCUT2D eigenvalue weighted by Crippen LogP contribution is -2.57. The molecule has 0 aromatic heterocycles. The number of piperidine rings is 1. The Hall–Kier alpha value is -1.51. The number of likely N-dealkylation sites (tertiary alicyclic amines) is 1. The van der Waals surface area contributed by atoms with Crippen LogP contribution in [0.4, 0.5) is 18.0 Å². The van der Waals surface area contributed by atoms with Gasteiger partial charge in [-0.25, -0.2) is 4.79 Å². The average molecular weight is 326 g/mol. The lowest BCUT2D eigenvalue weighted by atomic mass is 9.92. The smallest absolute Gasteiger partial charge is 0.444 e. The number of rotatable bonds is 2. The van der Waals surface area contributed by atoms with E-state index in [2.05, 4.69) is 0 Å². The zero-order valence-corrected chi connectivity index (χ0v) is 12.7. The van der Waals surface area contributed by atoms with E-state index in [0.717, 1.165) is 0 Å².